The van der Waals surface area contributed by atoms with E-state index in [9.17, 15) is 9.59 Å². The fraction of sp³-hybridized carbons (Fsp3) is 0.389. The van der Waals surface area contributed by atoms with Crippen LogP contribution in [-0.2, 0) is 20.7 Å². The average Bonchev–Trinajstić information content (AvgIpc) is 3.04. The van der Waals surface area contributed by atoms with Crippen molar-refractivity contribution in [3.8, 4) is 5.75 Å². The number of hydrogen-bond acceptors (Lipinski definition) is 7. The lowest BCUT2D eigenvalue weighted by Crippen LogP contribution is -2.22. The lowest BCUT2D eigenvalue weighted by Gasteiger charge is -2.14. The minimum atomic E-state index is -0.382. The molecule has 1 N–H and O–H groups in total. The van der Waals surface area contributed by atoms with Gasteiger partial charge in [0.2, 0.25) is 5.91 Å². The van der Waals surface area contributed by atoms with E-state index in [-0.39, 0.29) is 23.5 Å². The molecule has 0 radical (unpaired) electrons. The van der Waals surface area contributed by atoms with Crippen LogP contribution >= 0.6 is 34.7 Å². The molecule has 0 aliphatic rings. The van der Waals surface area contributed by atoms with Gasteiger partial charge in [-0.05, 0) is 32.4 Å². The van der Waals surface area contributed by atoms with E-state index < -0.39 is 0 Å². The van der Waals surface area contributed by atoms with Crippen molar-refractivity contribution in [2.24, 2.45) is 0 Å². The van der Waals surface area contributed by atoms with E-state index in [1.807, 2.05) is 6.92 Å². The van der Waals surface area contributed by atoms with Crippen molar-refractivity contribution in [2.45, 2.75) is 36.8 Å². The van der Waals surface area contributed by atoms with Crippen molar-refractivity contribution in [1.82, 2.24) is 4.98 Å². The molecule has 1 amide bonds. The number of amides is 1. The average molecular weight is 429 g/mol. The number of halogens is 1. The predicted molar refractivity (Wildman–Crippen MR) is 109 cm³/mol. The number of nitrogens with one attached hydrogen (secondary N) is 1. The van der Waals surface area contributed by atoms with Crippen LogP contribution in [0, 0.1) is 6.92 Å². The first-order chi connectivity index (χ1) is 12.8. The Morgan fingerprint density at radius 2 is 2.15 bits per heavy atom. The fourth-order valence-electron chi connectivity index (χ4n) is 2.15. The molecule has 0 saturated carbocycles. The van der Waals surface area contributed by atoms with Crippen LogP contribution in [-0.4, -0.2) is 35.8 Å². The molecular weight excluding hydrogens is 408 g/mol. The Balaban J connectivity index is 1.99. The van der Waals surface area contributed by atoms with Crippen molar-refractivity contribution < 1.29 is 19.1 Å². The molecule has 146 valence electrons. The zero-order chi connectivity index (χ0) is 20.0. The number of methoxy groups -OCH3 is 1. The van der Waals surface area contributed by atoms with Crippen molar-refractivity contribution in [3.63, 3.8) is 0 Å². The van der Waals surface area contributed by atoms with Gasteiger partial charge in [0.25, 0.3) is 0 Å². The summed E-state index contributed by atoms with van der Waals surface area (Å²) >= 11 is 8.82. The van der Waals surface area contributed by atoms with Gasteiger partial charge in [-0.1, -0.05) is 23.4 Å². The van der Waals surface area contributed by atoms with E-state index in [2.05, 4.69) is 10.3 Å². The van der Waals surface area contributed by atoms with Gasteiger partial charge in [-0.2, -0.15) is 0 Å². The largest absolute Gasteiger partial charge is 0.495 e. The number of thiazole rings is 1. The normalized spacial score (nSPS) is 11.7. The van der Waals surface area contributed by atoms with Crippen LogP contribution in [0.3, 0.4) is 0 Å². The zero-order valence-corrected chi connectivity index (χ0v) is 17.9. The summed E-state index contributed by atoms with van der Waals surface area (Å²) in [7, 11) is 1.52. The van der Waals surface area contributed by atoms with Crippen LogP contribution in [0.2, 0.25) is 5.02 Å². The summed E-state index contributed by atoms with van der Waals surface area (Å²) in [4.78, 5) is 28.4. The van der Waals surface area contributed by atoms with Crippen molar-refractivity contribution in [2.75, 3.05) is 19.0 Å². The van der Waals surface area contributed by atoms with Gasteiger partial charge in [-0.25, -0.2) is 4.98 Å². The predicted octanol–water partition coefficient (Wildman–Crippen LogP) is 4.34. The lowest BCUT2D eigenvalue weighted by molar-refractivity contribution is -0.142. The Labute approximate surface area is 171 Å². The highest BCUT2D eigenvalue weighted by Crippen LogP contribution is 2.32. The van der Waals surface area contributed by atoms with Crippen LogP contribution in [0.25, 0.3) is 0 Å². The van der Waals surface area contributed by atoms with Crippen molar-refractivity contribution >= 4 is 52.3 Å². The Kier molecular flexibility index (Phi) is 7.94. The number of carbonyl (C=O) groups is 2. The SMILES string of the molecule is CCOC(=O)Cc1csc(SC(C)C(=O)Nc2cc(C)c(Cl)cc2OC)n1. The van der Waals surface area contributed by atoms with E-state index in [4.69, 9.17) is 21.1 Å². The molecule has 0 aliphatic heterocycles. The van der Waals surface area contributed by atoms with Crippen molar-refractivity contribution in [1.29, 1.82) is 0 Å². The number of benzene rings is 1. The second-order valence-corrected chi connectivity index (χ2v) is 8.49. The number of aryl methyl sites for hydroxylation is 1. The number of rotatable bonds is 8. The Morgan fingerprint density at radius 3 is 2.81 bits per heavy atom. The summed E-state index contributed by atoms with van der Waals surface area (Å²) in [5.74, 6) is 0.0135. The number of anilines is 1. The zero-order valence-electron chi connectivity index (χ0n) is 15.5. The first kappa shape index (κ1) is 21.5. The number of esters is 1. The topological polar surface area (TPSA) is 77.5 Å². The molecule has 2 rings (SSSR count). The van der Waals surface area contributed by atoms with E-state index in [1.54, 1.807) is 31.4 Å². The van der Waals surface area contributed by atoms with Crippen LogP contribution in [0.4, 0.5) is 5.69 Å². The number of ether oxygens (including phenoxy) is 2. The molecule has 0 spiro atoms. The highest BCUT2D eigenvalue weighted by atomic mass is 35.5. The van der Waals surface area contributed by atoms with Gasteiger partial charge in [-0.3, -0.25) is 9.59 Å². The van der Waals surface area contributed by atoms with Crippen LogP contribution < -0.4 is 10.1 Å². The second-order valence-electron chi connectivity index (χ2n) is 5.64. The van der Waals surface area contributed by atoms with Crippen molar-refractivity contribution in [3.05, 3.63) is 33.8 Å². The standard InChI is InChI=1S/C18H21ClN2O4S2/c1-5-25-16(22)7-12-9-26-18(20-12)27-11(3)17(23)21-14-6-10(2)13(19)8-15(14)24-4/h6,8-9,11H,5,7H2,1-4H3,(H,21,23). The van der Waals surface area contributed by atoms with Gasteiger partial charge in [0.1, 0.15) is 5.75 Å². The summed E-state index contributed by atoms with van der Waals surface area (Å²) < 4.78 is 10.9. The molecule has 1 unspecified atom stereocenters. The van der Waals surface area contributed by atoms with E-state index in [1.165, 1.54) is 30.2 Å². The van der Waals surface area contributed by atoms with E-state index in [0.717, 1.165) is 9.90 Å². The highest BCUT2D eigenvalue weighted by molar-refractivity contribution is 8.02. The summed E-state index contributed by atoms with van der Waals surface area (Å²) in [6.07, 6.45) is 0.132. The smallest absolute Gasteiger partial charge is 0.311 e. The van der Waals surface area contributed by atoms with Gasteiger partial charge < -0.3 is 14.8 Å². The third-order valence-electron chi connectivity index (χ3n) is 3.55. The molecular formula is C18H21ClN2O4S2. The molecule has 0 bridgehead atoms. The molecule has 0 saturated heterocycles. The first-order valence-corrected chi connectivity index (χ1v) is 10.4. The number of thioether (sulfide) groups is 1. The minimum Gasteiger partial charge on any atom is -0.495 e. The van der Waals surface area contributed by atoms with Gasteiger partial charge in [0.05, 0.1) is 36.8 Å². The molecule has 27 heavy (non-hydrogen) atoms. The maximum absolute atomic E-state index is 12.5. The molecule has 0 aliphatic carbocycles. The monoisotopic (exact) mass is 428 g/mol. The lowest BCUT2D eigenvalue weighted by atomic mass is 10.2. The van der Waals surface area contributed by atoms with Crippen LogP contribution in [0.15, 0.2) is 21.9 Å². The third-order valence-corrected chi connectivity index (χ3v) is 6.07. The molecule has 2 aromatic rings. The van der Waals surface area contributed by atoms with Gasteiger partial charge in [0, 0.05) is 16.5 Å². The van der Waals surface area contributed by atoms with E-state index in [0.29, 0.717) is 28.8 Å². The second kappa shape index (κ2) is 9.96. The molecule has 1 aromatic heterocycles. The molecule has 1 heterocycles. The molecule has 0 fully saturated rings. The van der Waals surface area contributed by atoms with Gasteiger partial charge in [0.15, 0.2) is 4.34 Å². The van der Waals surface area contributed by atoms with Gasteiger partial charge >= 0.3 is 5.97 Å². The summed E-state index contributed by atoms with van der Waals surface area (Å²) in [6.45, 7) is 5.75. The van der Waals surface area contributed by atoms with Gasteiger partial charge in [-0.15, -0.1) is 11.3 Å². The number of carbonyl (C=O) groups excluding carboxylic acids is 2. The summed E-state index contributed by atoms with van der Waals surface area (Å²) in [5, 5.41) is 4.86. The fourth-order valence-corrected chi connectivity index (χ4v) is 4.29. The Morgan fingerprint density at radius 1 is 1.41 bits per heavy atom. The quantitative estimate of drug-likeness (QED) is 0.497. The molecule has 1 aromatic carbocycles. The number of hydrogen-bond donors (Lipinski definition) is 1. The maximum atomic E-state index is 12.5. The number of aromatic nitrogens is 1. The first-order valence-electron chi connectivity index (χ1n) is 8.25. The maximum Gasteiger partial charge on any atom is 0.311 e. The summed E-state index contributed by atoms with van der Waals surface area (Å²) in [6, 6.07) is 3.45. The highest BCUT2D eigenvalue weighted by Gasteiger charge is 2.19. The molecule has 9 heteroatoms. The molecule has 1 atom stereocenters. The summed E-state index contributed by atoms with van der Waals surface area (Å²) in [5.41, 5.74) is 2.05. The Hall–Kier alpha value is -1.77. The Bertz CT molecular complexity index is 826. The van der Waals surface area contributed by atoms with Crippen LogP contribution in [0.5, 0.6) is 5.75 Å². The van der Waals surface area contributed by atoms with E-state index >= 15 is 0 Å². The van der Waals surface area contributed by atoms with Crippen LogP contribution in [0.1, 0.15) is 25.1 Å². The minimum absolute atomic E-state index is 0.132. The third kappa shape index (κ3) is 6.12. The molecule has 6 nitrogen and oxygen atoms in total. The number of nitrogens with zero attached hydrogens (tertiary/aromatic N) is 1.